The molecule has 0 atom stereocenters. The molecule has 3 N–H and O–H groups in total. The molecule has 0 fully saturated rings. The molecule has 0 amide bonds. The van der Waals surface area contributed by atoms with E-state index in [1.165, 1.54) is 18.2 Å². The van der Waals surface area contributed by atoms with Crippen molar-refractivity contribution in [1.82, 2.24) is 35.5 Å². The Hall–Kier alpha value is -4.55. The Morgan fingerprint density at radius 2 is 1.79 bits per heavy atom. The normalized spacial score (nSPS) is 12.0. The van der Waals surface area contributed by atoms with E-state index in [-0.39, 0.29) is 12.2 Å². The van der Waals surface area contributed by atoms with Gasteiger partial charge in [-0.25, -0.2) is 22.2 Å². The molecule has 214 valence electrons. The van der Waals surface area contributed by atoms with Crippen LogP contribution in [0.1, 0.15) is 18.1 Å². The summed E-state index contributed by atoms with van der Waals surface area (Å²) in [4.78, 5) is 16.8. The van der Waals surface area contributed by atoms with Crippen molar-refractivity contribution in [3.63, 3.8) is 0 Å². The van der Waals surface area contributed by atoms with Crippen LogP contribution in [0, 0.1) is 11.6 Å². The molecule has 0 saturated carbocycles. The van der Waals surface area contributed by atoms with E-state index in [0.29, 0.717) is 67.9 Å². The number of benzene rings is 2. The number of aryl methyl sites for hydroxylation is 1. The molecule has 0 unspecified atom stereocenters. The number of sulfone groups is 1. The summed E-state index contributed by atoms with van der Waals surface area (Å²) in [6.45, 7) is 3.44. The summed E-state index contributed by atoms with van der Waals surface area (Å²) in [6, 6.07) is 11.2. The van der Waals surface area contributed by atoms with Crippen LogP contribution < -0.4 is 5.32 Å². The monoisotopic (exact) mass is 587 g/mol. The quantitative estimate of drug-likeness (QED) is 0.212. The van der Waals surface area contributed by atoms with Gasteiger partial charge in [-0.3, -0.25) is 15.1 Å². The van der Waals surface area contributed by atoms with Gasteiger partial charge in [0.25, 0.3) is 0 Å². The van der Waals surface area contributed by atoms with Crippen LogP contribution >= 0.6 is 0 Å². The molecule has 0 aliphatic rings. The van der Waals surface area contributed by atoms with Crippen molar-refractivity contribution in [3.05, 3.63) is 83.8 Å². The van der Waals surface area contributed by atoms with Crippen LogP contribution in [0.25, 0.3) is 55.8 Å². The molecular weight excluding hydrogens is 560 g/mol. The Labute approximate surface area is 240 Å². The first kappa shape index (κ1) is 27.6. The molecule has 2 aromatic carbocycles. The summed E-state index contributed by atoms with van der Waals surface area (Å²) in [5.74, 6) is -0.572. The maximum Gasteiger partial charge on any atom is 0.159 e. The number of aromatic amines is 2. The topological polar surface area (TPSA) is 129 Å². The lowest BCUT2D eigenvalue weighted by molar-refractivity contribution is 0.600. The fraction of sp³-hybridized carbons (Fsp3) is 0.200. The standard InChI is InChI=1S/C30H27F2N7O2S/c1-3-33-14-18-9-20(16-34-15-18)22-12-23-26(13-24(22)32)38-39-28(23)30-36-25-4-6-35-27(29(25)37-30)19-8-17(10-21(31)11-19)5-7-42(2,40)41/h4,6,8-13,15-16,33H,3,5,7,14H2,1-2H3,(H,36,37)(H,38,39). The Morgan fingerprint density at radius 1 is 0.952 bits per heavy atom. The average Bonchev–Trinajstić information content (AvgIpc) is 3.57. The number of imidazole rings is 1. The summed E-state index contributed by atoms with van der Waals surface area (Å²) in [6.07, 6.45) is 6.29. The first-order chi connectivity index (χ1) is 20.2. The number of pyridine rings is 2. The Bertz CT molecular complexity index is 2050. The number of H-pyrrole nitrogens is 2. The number of rotatable bonds is 9. The highest BCUT2D eigenvalue weighted by atomic mass is 32.2. The fourth-order valence-corrected chi connectivity index (χ4v) is 5.54. The van der Waals surface area contributed by atoms with Crippen LogP contribution in [0.2, 0.25) is 0 Å². The maximum absolute atomic E-state index is 15.2. The average molecular weight is 588 g/mol. The van der Waals surface area contributed by atoms with Gasteiger partial charge in [0.15, 0.2) is 5.82 Å². The Morgan fingerprint density at radius 3 is 2.60 bits per heavy atom. The highest BCUT2D eigenvalue weighted by Crippen LogP contribution is 2.34. The van der Waals surface area contributed by atoms with Crippen molar-refractivity contribution in [3.8, 4) is 33.9 Å². The van der Waals surface area contributed by atoms with Crippen molar-refractivity contribution in [2.45, 2.75) is 19.9 Å². The number of nitrogens with one attached hydrogen (secondary N) is 3. The van der Waals surface area contributed by atoms with Crippen molar-refractivity contribution in [2.24, 2.45) is 0 Å². The SMILES string of the molecule is CCNCc1cncc(-c2cc3c(-c4nc5c(-c6cc(F)cc(CCS(C)(=O)=O)c6)nccc5[nH]4)n[nH]c3cc2F)c1. The van der Waals surface area contributed by atoms with E-state index in [2.05, 4.69) is 30.5 Å². The molecule has 9 nitrogen and oxygen atoms in total. The molecular formula is C30H27F2N7O2S. The van der Waals surface area contributed by atoms with Gasteiger partial charge >= 0.3 is 0 Å². The molecule has 12 heteroatoms. The summed E-state index contributed by atoms with van der Waals surface area (Å²) in [5.41, 5.74) is 5.55. The maximum atomic E-state index is 15.2. The van der Waals surface area contributed by atoms with E-state index < -0.39 is 21.5 Å². The Kier molecular flexibility index (Phi) is 7.25. The van der Waals surface area contributed by atoms with Gasteiger partial charge in [0.1, 0.15) is 32.7 Å². The Balaban J connectivity index is 1.41. The van der Waals surface area contributed by atoms with E-state index in [9.17, 15) is 12.8 Å². The zero-order chi connectivity index (χ0) is 29.4. The van der Waals surface area contributed by atoms with Crippen LogP contribution in [0.15, 0.2) is 61.1 Å². The van der Waals surface area contributed by atoms with Gasteiger partial charge in [-0.1, -0.05) is 6.92 Å². The summed E-state index contributed by atoms with van der Waals surface area (Å²) >= 11 is 0. The van der Waals surface area contributed by atoms with Gasteiger partial charge in [0.2, 0.25) is 0 Å². The second kappa shape index (κ2) is 11.0. The zero-order valence-corrected chi connectivity index (χ0v) is 23.7. The summed E-state index contributed by atoms with van der Waals surface area (Å²) in [7, 11) is -3.21. The van der Waals surface area contributed by atoms with Crippen LogP contribution in [-0.2, 0) is 22.8 Å². The second-order valence-corrected chi connectivity index (χ2v) is 12.4. The van der Waals surface area contributed by atoms with E-state index >= 15 is 4.39 Å². The van der Waals surface area contributed by atoms with Crippen LogP contribution in [0.5, 0.6) is 0 Å². The van der Waals surface area contributed by atoms with Crippen LogP contribution in [-0.4, -0.2) is 57.1 Å². The van der Waals surface area contributed by atoms with Crippen molar-refractivity contribution >= 4 is 31.8 Å². The molecule has 4 heterocycles. The molecule has 6 rings (SSSR count). The third-order valence-corrected chi connectivity index (χ3v) is 7.90. The van der Waals surface area contributed by atoms with Gasteiger partial charge in [-0.05, 0) is 60.5 Å². The first-order valence-electron chi connectivity index (χ1n) is 13.3. The van der Waals surface area contributed by atoms with E-state index in [1.807, 2.05) is 13.0 Å². The van der Waals surface area contributed by atoms with Gasteiger partial charge in [0, 0.05) is 59.5 Å². The van der Waals surface area contributed by atoms with Crippen LogP contribution in [0.4, 0.5) is 8.78 Å². The minimum atomic E-state index is -3.21. The molecule has 4 aromatic heterocycles. The summed E-state index contributed by atoms with van der Waals surface area (Å²) in [5, 5.41) is 11.2. The third kappa shape index (κ3) is 5.63. The number of halogens is 2. The summed E-state index contributed by atoms with van der Waals surface area (Å²) < 4.78 is 53.1. The molecule has 0 bridgehead atoms. The lowest BCUT2D eigenvalue weighted by Crippen LogP contribution is -2.11. The van der Waals surface area contributed by atoms with Crippen molar-refractivity contribution in [2.75, 3.05) is 18.6 Å². The van der Waals surface area contributed by atoms with Crippen LogP contribution in [0.3, 0.4) is 0 Å². The first-order valence-corrected chi connectivity index (χ1v) is 15.4. The van der Waals surface area contributed by atoms with Crippen molar-refractivity contribution < 1.29 is 17.2 Å². The molecule has 0 radical (unpaired) electrons. The molecule has 0 aliphatic heterocycles. The lowest BCUT2D eigenvalue weighted by atomic mass is 10.0. The minimum Gasteiger partial charge on any atom is -0.336 e. The van der Waals surface area contributed by atoms with E-state index in [1.54, 1.807) is 36.8 Å². The van der Waals surface area contributed by atoms with Crippen molar-refractivity contribution in [1.29, 1.82) is 0 Å². The molecule has 6 aromatic rings. The number of fused-ring (bicyclic) bond motifs is 2. The predicted octanol–water partition coefficient (Wildman–Crippen LogP) is 5.21. The third-order valence-electron chi connectivity index (χ3n) is 6.95. The molecule has 0 saturated heterocycles. The van der Waals surface area contributed by atoms with Gasteiger partial charge in [-0.15, -0.1) is 0 Å². The molecule has 0 aliphatic carbocycles. The lowest BCUT2D eigenvalue weighted by Gasteiger charge is -2.07. The molecule has 0 spiro atoms. The highest BCUT2D eigenvalue weighted by molar-refractivity contribution is 7.90. The van der Waals surface area contributed by atoms with Gasteiger partial charge in [0.05, 0.1) is 22.5 Å². The number of nitrogens with zero attached hydrogens (tertiary/aromatic N) is 4. The number of hydrogen-bond donors (Lipinski definition) is 3. The second-order valence-electron chi connectivity index (χ2n) is 10.2. The number of hydrogen-bond acceptors (Lipinski definition) is 7. The zero-order valence-electron chi connectivity index (χ0n) is 22.9. The fourth-order valence-electron chi connectivity index (χ4n) is 4.93. The van der Waals surface area contributed by atoms with E-state index in [4.69, 9.17) is 4.98 Å². The largest absolute Gasteiger partial charge is 0.336 e. The van der Waals surface area contributed by atoms with E-state index in [0.717, 1.165) is 18.4 Å². The van der Waals surface area contributed by atoms with Gasteiger partial charge in [-0.2, -0.15) is 5.10 Å². The number of aromatic nitrogens is 6. The highest BCUT2D eigenvalue weighted by Gasteiger charge is 2.19. The smallest absolute Gasteiger partial charge is 0.159 e. The minimum absolute atomic E-state index is 0.0924. The predicted molar refractivity (Wildman–Crippen MR) is 158 cm³/mol. The molecule has 42 heavy (non-hydrogen) atoms. The van der Waals surface area contributed by atoms with Gasteiger partial charge < -0.3 is 10.3 Å².